The molecule has 6 nitrogen and oxygen atoms in total. The molecule has 1 N–H and O–H groups in total. The van der Waals surface area contributed by atoms with E-state index in [2.05, 4.69) is 5.32 Å². The molecule has 2 rings (SSSR count). The summed E-state index contributed by atoms with van der Waals surface area (Å²) in [6.07, 6.45) is 0.551. The first kappa shape index (κ1) is 23.2. The van der Waals surface area contributed by atoms with E-state index >= 15 is 0 Å². The third-order valence-electron chi connectivity index (χ3n) is 4.03. The monoisotopic (exact) mass is 417 g/mol. The maximum Gasteiger partial charge on any atom is 0.338 e. The van der Waals surface area contributed by atoms with Crippen LogP contribution in [-0.2, 0) is 16.0 Å². The zero-order valence-electron chi connectivity index (χ0n) is 17.6. The van der Waals surface area contributed by atoms with E-state index in [-0.39, 0.29) is 11.4 Å². The van der Waals surface area contributed by atoms with Gasteiger partial charge in [-0.15, -0.1) is 0 Å². The first-order valence-electron chi connectivity index (χ1n) is 9.97. The van der Waals surface area contributed by atoms with E-state index in [0.717, 1.165) is 5.56 Å². The van der Waals surface area contributed by atoms with Gasteiger partial charge in [0.25, 0.3) is 5.91 Å². The van der Waals surface area contributed by atoms with Crippen LogP contribution >= 0.6 is 0 Å². The third kappa shape index (κ3) is 7.73. The average molecular weight is 417 g/mol. The van der Waals surface area contributed by atoms with Crippen LogP contribution in [0.1, 0.15) is 36.7 Å². The number of carbonyl (C=O) groups is 2. The zero-order valence-corrected chi connectivity index (χ0v) is 17.6. The summed E-state index contributed by atoms with van der Waals surface area (Å²) in [5.74, 6) is 0.0248. The van der Waals surface area contributed by atoms with Crippen molar-refractivity contribution in [3.05, 3.63) is 59.4 Å². The summed E-state index contributed by atoms with van der Waals surface area (Å²) in [7, 11) is 0. The number of ether oxygens (including phenoxy) is 3. The molecule has 7 heteroatoms. The highest BCUT2D eigenvalue weighted by Gasteiger charge is 2.14. The molecule has 2 aromatic rings. The van der Waals surface area contributed by atoms with Crippen molar-refractivity contribution in [1.29, 1.82) is 0 Å². The van der Waals surface area contributed by atoms with Crippen LogP contribution in [0.15, 0.2) is 42.5 Å². The first-order chi connectivity index (χ1) is 14.4. The molecular formula is C23H28FNO5. The Hall–Kier alpha value is -3.09. The molecule has 0 radical (unpaired) electrons. The number of halogens is 1. The van der Waals surface area contributed by atoms with Gasteiger partial charge >= 0.3 is 5.97 Å². The maximum atomic E-state index is 12.9. The molecule has 0 atom stereocenters. The predicted molar refractivity (Wildman–Crippen MR) is 111 cm³/mol. The minimum absolute atomic E-state index is 0.273. The second-order valence-corrected chi connectivity index (χ2v) is 7.10. The van der Waals surface area contributed by atoms with Crippen LogP contribution in [-0.4, -0.2) is 38.2 Å². The highest BCUT2D eigenvalue weighted by atomic mass is 19.1. The van der Waals surface area contributed by atoms with Crippen LogP contribution in [0.25, 0.3) is 0 Å². The Morgan fingerprint density at radius 3 is 2.43 bits per heavy atom. The largest absolute Gasteiger partial charge is 0.490 e. The molecule has 0 aliphatic heterocycles. The Labute approximate surface area is 176 Å². The molecule has 0 aromatic heterocycles. The molecule has 0 spiro atoms. The molecule has 2 aromatic carbocycles. The van der Waals surface area contributed by atoms with Crippen LogP contribution in [0, 0.1) is 11.7 Å². The van der Waals surface area contributed by atoms with Crippen LogP contribution in [0.5, 0.6) is 11.5 Å². The summed E-state index contributed by atoms with van der Waals surface area (Å²) in [6.45, 7) is 6.84. The van der Waals surface area contributed by atoms with Crippen molar-refractivity contribution in [1.82, 2.24) is 5.32 Å². The van der Waals surface area contributed by atoms with Crippen molar-refractivity contribution < 1.29 is 28.2 Å². The minimum Gasteiger partial charge on any atom is -0.490 e. The van der Waals surface area contributed by atoms with Crippen molar-refractivity contribution in [2.75, 3.05) is 26.4 Å². The van der Waals surface area contributed by atoms with Gasteiger partial charge in [-0.05, 0) is 55.2 Å². The standard InChI is InChI=1S/C23H28FNO5/c1-4-28-21-13-18(7-10-20(21)29-14-16(2)3)23(27)30-15-22(26)25-12-11-17-5-8-19(24)9-6-17/h5-10,13,16H,4,11-12,14-15H2,1-3H3,(H,25,26). The van der Waals surface area contributed by atoms with Gasteiger partial charge < -0.3 is 19.5 Å². The van der Waals surface area contributed by atoms with Gasteiger partial charge in [0.15, 0.2) is 18.1 Å². The number of benzene rings is 2. The molecular weight excluding hydrogens is 389 g/mol. The van der Waals surface area contributed by atoms with E-state index in [0.29, 0.717) is 43.6 Å². The van der Waals surface area contributed by atoms with Crippen molar-refractivity contribution in [3.8, 4) is 11.5 Å². The number of carbonyl (C=O) groups excluding carboxylic acids is 2. The lowest BCUT2D eigenvalue weighted by atomic mass is 10.1. The lowest BCUT2D eigenvalue weighted by Gasteiger charge is -2.14. The van der Waals surface area contributed by atoms with Gasteiger partial charge in [-0.3, -0.25) is 4.79 Å². The number of amides is 1. The molecule has 0 aliphatic rings. The lowest BCUT2D eigenvalue weighted by molar-refractivity contribution is -0.124. The lowest BCUT2D eigenvalue weighted by Crippen LogP contribution is -2.30. The molecule has 0 heterocycles. The highest BCUT2D eigenvalue weighted by molar-refractivity contribution is 5.92. The van der Waals surface area contributed by atoms with E-state index in [1.165, 1.54) is 12.1 Å². The van der Waals surface area contributed by atoms with E-state index in [4.69, 9.17) is 14.2 Å². The summed E-state index contributed by atoms with van der Waals surface area (Å²) in [5, 5.41) is 2.67. The fourth-order valence-electron chi connectivity index (χ4n) is 2.54. The Balaban J connectivity index is 1.83. The molecule has 0 aliphatic carbocycles. The Morgan fingerprint density at radius 1 is 1.03 bits per heavy atom. The van der Waals surface area contributed by atoms with E-state index < -0.39 is 18.5 Å². The summed E-state index contributed by atoms with van der Waals surface area (Å²) in [4.78, 5) is 24.2. The predicted octanol–water partition coefficient (Wildman–Crippen LogP) is 3.77. The second kappa shape index (κ2) is 11.8. The topological polar surface area (TPSA) is 73.9 Å². The molecule has 0 fully saturated rings. The number of esters is 1. The van der Waals surface area contributed by atoms with Gasteiger partial charge in [0.1, 0.15) is 5.82 Å². The molecule has 0 saturated carbocycles. The molecule has 30 heavy (non-hydrogen) atoms. The summed E-state index contributed by atoms with van der Waals surface area (Å²) in [5.41, 5.74) is 1.17. The minimum atomic E-state index is -0.625. The van der Waals surface area contributed by atoms with Crippen LogP contribution < -0.4 is 14.8 Å². The highest BCUT2D eigenvalue weighted by Crippen LogP contribution is 2.29. The second-order valence-electron chi connectivity index (χ2n) is 7.10. The van der Waals surface area contributed by atoms with Crippen molar-refractivity contribution >= 4 is 11.9 Å². The van der Waals surface area contributed by atoms with Gasteiger partial charge in [0.05, 0.1) is 18.8 Å². The maximum absolute atomic E-state index is 12.9. The van der Waals surface area contributed by atoms with Gasteiger partial charge in [-0.25, -0.2) is 9.18 Å². The molecule has 0 saturated heterocycles. The normalized spacial score (nSPS) is 10.6. The number of nitrogens with one attached hydrogen (secondary N) is 1. The summed E-state index contributed by atoms with van der Waals surface area (Å²) >= 11 is 0. The Kier molecular flexibility index (Phi) is 9.12. The van der Waals surface area contributed by atoms with Crippen LogP contribution in [0.2, 0.25) is 0 Å². The third-order valence-corrected chi connectivity index (χ3v) is 4.03. The average Bonchev–Trinajstić information content (AvgIpc) is 2.72. The SMILES string of the molecule is CCOc1cc(C(=O)OCC(=O)NCCc2ccc(F)cc2)ccc1OCC(C)C. The van der Waals surface area contributed by atoms with Gasteiger partial charge in [-0.2, -0.15) is 0 Å². The van der Waals surface area contributed by atoms with Crippen molar-refractivity contribution in [2.45, 2.75) is 27.2 Å². The molecule has 162 valence electrons. The Morgan fingerprint density at radius 2 is 1.77 bits per heavy atom. The quantitative estimate of drug-likeness (QED) is 0.564. The van der Waals surface area contributed by atoms with Crippen molar-refractivity contribution in [3.63, 3.8) is 0 Å². The number of hydrogen-bond donors (Lipinski definition) is 1. The number of hydrogen-bond acceptors (Lipinski definition) is 5. The van der Waals surface area contributed by atoms with Crippen molar-refractivity contribution in [2.24, 2.45) is 5.92 Å². The molecule has 1 amide bonds. The van der Waals surface area contributed by atoms with Gasteiger partial charge in [0.2, 0.25) is 0 Å². The fraction of sp³-hybridized carbons (Fsp3) is 0.391. The molecule has 0 unspecified atom stereocenters. The molecule has 0 bridgehead atoms. The van der Waals surface area contributed by atoms with E-state index in [1.54, 1.807) is 30.3 Å². The van der Waals surface area contributed by atoms with Crippen LogP contribution in [0.3, 0.4) is 0 Å². The fourth-order valence-corrected chi connectivity index (χ4v) is 2.54. The summed E-state index contributed by atoms with van der Waals surface area (Å²) < 4.78 is 29.2. The van der Waals surface area contributed by atoms with Gasteiger partial charge in [-0.1, -0.05) is 26.0 Å². The first-order valence-corrected chi connectivity index (χ1v) is 9.97. The zero-order chi connectivity index (χ0) is 21.9. The smallest absolute Gasteiger partial charge is 0.338 e. The summed E-state index contributed by atoms with van der Waals surface area (Å²) in [6, 6.07) is 10.8. The van der Waals surface area contributed by atoms with E-state index in [1.807, 2.05) is 20.8 Å². The van der Waals surface area contributed by atoms with E-state index in [9.17, 15) is 14.0 Å². The Bertz CT molecular complexity index is 836. The van der Waals surface area contributed by atoms with Gasteiger partial charge in [0, 0.05) is 6.54 Å². The van der Waals surface area contributed by atoms with Crippen LogP contribution in [0.4, 0.5) is 4.39 Å². The number of rotatable bonds is 11.